The van der Waals surface area contributed by atoms with Crippen molar-refractivity contribution in [1.82, 2.24) is 57.3 Å². The van der Waals surface area contributed by atoms with Crippen LogP contribution in [0, 0.1) is 0 Å². The van der Waals surface area contributed by atoms with Gasteiger partial charge in [0.05, 0.1) is 94.1 Å². The van der Waals surface area contributed by atoms with Crippen LogP contribution < -0.4 is 0 Å². The minimum absolute atomic E-state index is 0.664. The van der Waals surface area contributed by atoms with Gasteiger partial charge in [0.25, 0.3) is 0 Å². The first-order chi connectivity index (χ1) is 74.4. The molecule has 0 aliphatic carbocycles. The fraction of sp³-hybridized carbons (Fsp3) is 0. The summed E-state index contributed by atoms with van der Waals surface area (Å²) in [6.07, 6.45) is 0. The van der Waals surface area contributed by atoms with E-state index in [0.717, 1.165) is 139 Å². The molecule has 31 aromatic rings. The van der Waals surface area contributed by atoms with Gasteiger partial charge in [-0.05, 0) is 191 Å². The van der Waals surface area contributed by atoms with Crippen molar-refractivity contribution in [3.8, 4) is 113 Å². The molecule has 0 fully saturated rings. The summed E-state index contributed by atoms with van der Waals surface area (Å²) in [4.78, 5) is 30.8. The monoisotopic (exact) mass is 1910 g/mol. The summed E-state index contributed by atoms with van der Waals surface area (Å²) < 4.78 is 14.1. The molecule has 12 nitrogen and oxygen atoms in total. The largest absolute Gasteiger partial charge is 0.309 e. The number of fused-ring (bicyclic) bond motifs is 21. The Hall–Kier alpha value is -20.3. The number of nitrogens with zero attached hydrogens (tertiary/aromatic N) is 12. The molecular weight excluding hydrogens is 1830 g/mol. The van der Waals surface area contributed by atoms with E-state index in [1.54, 1.807) is 0 Å². The van der Waals surface area contributed by atoms with Gasteiger partial charge in [-0.25, -0.2) is 29.9 Å². The first-order valence-corrected chi connectivity index (χ1v) is 50.9. The van der Waals surface area contributed by atoms with Crippen molar-refractivity contribution in [2.45, 2.75) is 0 Å². The van der Waals surface area contributed by atoms with Crippen LogP contribution in [0.5, 0.6) is 0 Å². The molecule has 12 heteroatoms. The number of para-hydroxylation sites is 12. The van der Waals surface area contributed by atoms with E-state index < -0.39 is 0 Å². The molecule has 0 aliphatic heterocycles. The number of hydrogen-bond donors (Lipinski definition) is 0. The third-order valence-electron chi connectivity index (χ3n) is 29.8. The third kappa shape index (κ3) is 14.6. The second-order valence-electron chi connectivity index (χ2n) is 38.4. The smallest absolute Gasteiger partial charge is 0.235 e. The summed E-state index contributed by atoms with van der Waals surface area (Å²) >= 11 is 0. The Bertz CT molecular complexity index is 10800. The normalized spacial score (nSPS) is 11.7. The Balaban J connectivity index is 0.000000106. The second kappa shape index (κ2) is 35.9. The van der Waals surface area contributed by atoms with Gasteiger partial charge in [0.1, 0.15) is 5.82 Å². The lowest BCUT2D eigenvalue weighted by atomic mass is 10.0. The summed E-state index contributed by atoms with van der Waals surface area (Å²) in [5.41, 5.74) is 34.2. The van der Waals surface area contributed by atoms with Crippen molar-refractivity contribution in [1.29, 1.82) is 0 Å². The average Bonchev–Trinajstić information content (AvgIpc) is 1.57. The molecule has 0 N–H and O–H groups in total. The lowest BCUT2D eigenvalue weighted by Crippen LogP contribution is -2.03. The molecule has 150 heavy (non-hydrogen) atoms. The summed E-state index contributed by atoms with van der Waals surface area (Å²) in [5.74, 6) is 2.98. The van der Waals surface area contributed by atoms with Crippen LogP contribution in [0.1, 0.15) is 0 Å². The summed E-state index contributed by atoms with van der Waals surface area (Å²) in [7, 11) is 0. The molecule has 31 rings (SSSR count). The van der Waals surface area contributed by atoms with Crippen LogP contribution in [-0.2, 0) is 0 Å². The molecule has 0 spiro atoms. The molecule has 0 aliphatic rings. The number of benzene rings is 22. The highest BCUT2D eigenvalue weighted by atomic mass is 15.2. The number of rotatable bonds is 13. The third-order valence-corrected chi connectivity index (χ3v) is 29.8. The van der Waals surface area contributed by atoms with E-state index >= 15 is 0 Å². The van der Waals surface area contributed by atoms with Crippen molar-refractivity contribution in [2.24, 2.45) is 0 Å². The molecule has 0 saturated heterocycles. The minimum atomic E-state index is 0.664. The van der Waals surface area contributed by atoms with E-state index in [1.807, 2.05) is 60.7 Å². The van der Waals surface area contributed by atoms with E-state index in [9.17, 15) is 0 Å². The van der Waals surface area contributed by atoms with Gasteiger partial charge in [0.2, 0.25) is 5.95 Å². The Morgan fingerprint density at radius 2 is 0.380 bits per heavy atom. The van der Waals surface area contributed by atoms with Crippen molar-refractivity contribution < 1.29 is 0 Å². The predicted octanol–water partition coefficient (Wildman–Crippen LogP) is 35.1. The van der Waals surface area contributed by atoms with Crippen LogP contribution in [-0.4, -0.2) is 57.3 Å². The summed E-state index contributed by atoms with van der Waals surface area (Å²) in [6.45, 7) is 0. The molecule has 0 radical (unpaired) electrons. The van der Waals surface area contributed by atoms with Crippen LogP contribution in [0.2, 0.25) is 0 Å². The van der Waals surface area contributed by atoms with Gasteiger partial charge in [-0.15, -0.1) is 0 Å². The standard InChI is InChI=1S/C50H32N4.2C44H28N4/c1-3-14-33(15-4-1)50-51-44-23-10-7-22-43(44)49(52-50)36-16-13-19-38(30-36)54-46-25-12-9-21-40(46)42-29-27-35(32-48(42)54)34-26-28-41-39-20-8-11-24-45(39)53(47(41)31-34)37-17-5-2-6-18-37;1-3-13-29(14-4-1)43-45-38-20-10-7-19-36(38)44(46-43)48-40-22-12-8-17-33(40)35-25-23-31(28-42(35)48)30-24-26-41-37(27-30)34-18-9-11-21-39(34)47(41)32-15-5-2-6-16-32;1-3-13-29(14-4-1)43-36-19-7-10-20-38(36)45-44(46-43)48-40-22-12-8-17-33(40)35-25-23-31(28-42(35)48)30-24-26-41-37(27-30)34-18-9-11-21-39(34)47(41)32-15-5-2-6-16-32/h1-32H;2*1-28H. The summed E-state index contributed by atoms with van der Waals surface area (Å²) in [5, 5.41) is 17.7. The highest BCUT2D eigenvalue weighted by Gasteiger charge is 2.26. The maximum atomic E-state index is 5.27. The Morgan fingerprint density at radius 1 is 0.120 bits per heavy atom. The highest BCUT2D eigenvalue weighted by Crippen LogP contribution is 2.46. The first kappa shape index (κ1) is 86.3. The highest BCUT2D eigenvalue weighted by molar-refractivity contribution is 6.18. The van der Waals surface area contributed by atoms with Crippen LogP contribution in [0.4, 0.5) is 0 Å². The van der Waals surface area contributed by atoms with Crippen molar-refractivity contribution in [3.63, 3.8) is 0 Å². The zero-order chi connectivity index (χ0) is 98.8. The molecule has 22 aromatic carbocycles. The quantitative estimate of drug-likeness (QED) is 0.114. The number of aromatic nitrogens is 12. The molecule has 0 saturated carbocycles. The van der Waals surface area contributed by atoms with E-state index in [1.165, 1.54) is 126 Å². The van der Waals surface area contributed by atoms with Gasteiger partial charge in [-0.1, -0.05) is 376 Å². The molecule has 0 bridgehead atoms. The summed E-state index contributed by atoms with van der Waals surface area (Å²) in [6, 6.07) is 190. The average molecular weight is 1910 g/mol. The maximum absolute atomic E-state index is 5.27. The van der Waals surface area contributed by atoms with Gasteiger partial charge >= 0.3 is 0 Å². The van der Waals surface area contributed by atoms with Gasteiger partial charge in [0.15, 0.2) is 11.6 Å². The van der Waals surface area contributed by atoms with E-state index in [4.69, 9.17) is 29.9 Å². The van der Waals surface area contributed by atoms with Crippen molar-refractivity contribution >= 4 is 164 Å². The molecule has 0 unspecified atom stereocenters. The zero-order valence-electron chi connectivity index (χ0n) is 81.2. The van der Waals surface area contributed by atoms with E-state index in [-0.39, 0.29) is 0 Å². The van der Waals surface area contributed by atoms with Crippen molar-refractivity contribution in [2.75, 3.05) is 0 Å². The SMILES string of the molecule is c1ccc(-c2nc(-c3cccc(-n4c5ccccc5c5ccc(-c6ccc7c8ccccc8n(-c8ccccc8)c7c6)cc54)c3)c3ccccc3n2)cc1.c1ccc(-c2nc(-n3c4ccccc4c4ccc(-c5ccc6c(c5)c5ccccc5n6-c5ccccc5)cc43)c3ccccc3n2)cc1.c1ccc(-c2nc(-n3c4ccccc4c4ccc(-c5ccc6c(c5)c5ccccc5n6-c5ccccc5)cc43)nc3ccccc23)cc1. The van der Waals surface area contributed by atoms with Gasteiger partial charge in [-0.2, -0.15) is 0 Å². The van der Waals surface area contributed by atoms with E-state index in [0.29, 0.717) is 11.8 Å². The maximum Gasteiger partial charge on any atom is 0.235 e. The molecular formula is C138H88N12. The molecule has 9 heterocycles. The Morgan fingerprint density at radius 3 is 0.800 bits per heavy atom. The fourth-order valence-corrected chi connectivity index (χ4v) is 22.9. The molecule has 700 valence electrons. The molecule has 0 atom stereocenters. The van der Waals surface area contributed by atoms with Crippen molar-refractivity contribution in [3.05, 3.63) is 534 Å². The topological polar surface area (TPSA) is 107 Å². The van der Waals surface area contributed by atoms with Gasteiger partial charge in [0, 0.05) is 126 Å². The Labute approximate surface area is 861 Å². The van der Waals surface area contributed by atoms with Crippen LogP contribution >= 0.6 is 0 Å². The van der Waals surface area contributed by atoms with Crippen LogP contribution in [0.25, 0.3) is 277 Å². The molecule has 0 amide bonds. The predicted molar refractivity (Wildman–Crippen MR) is 623 cm³/mol. The van der Waals surface area contributed by atoms with Gasteiger partial charge in [-0.3, -0.25) is 9.13 Å². The minimum Gasteiger partial charge on any atom is -0.309 e. The zero-order valence-corrected chi connectivity index (χ0v) is 81.2. The first-order valence-electron chi connectivity index (χ1n) is 50.9. The number of hydrogen-bond acceptors (Lipinski definition) is 6. The molecule has 9 aromatic heterocycles. The second-order valence-corrected chi connectivity index (χ2v) is 38.4. The van der Waals surface area contributed by atoms with Crippen LogP contribution in [0.3, 0.4) is 0 Å². The lowest BCUT2D eigenvalue weighted by molar-refractivity contribution is 1.01. The van der Waals surface area contributed by atoms with E-state index in [2.05, 4.69) is 501 Å². The fourth-order valence-electron chi connectivity index (χ4n) is 22.9. The van der Waals surface area contributed by atoms with Gasteiger partial charge < -0.3 is 18.3 Å². The Kier molecular flexibility index (Phi) is 20.7. The van der Waals surface area contributed by atoms with Crippen LogP contribution in [0.15, 0.2) is 534 Å². The lowest BCUT2D eigenvalue weighted by Gasteiger charge is -2.13.